The number of hydroxylamine groups is 1. The van der Waals surface area contributed by atoms with Crippen molar-refractivity contribution in [1.29, 1.82) is 5.26 Å². The maximum Gasteiger partial charge on any atom is 0.264 e. The van der Waals surface area contributed by atoms with Gasteiger partial charge in [-0.25, -0.2) is 8.42 Å². The highest BCUT2D eigenvalue weighted by Gasteiger charge is 2.21. The molecule has 9 heteroatoms. The fourth-order valence-corrected chi connectivity index (χ4v) is 4.20. The standard InChI is InChI=1S/C19H21N3O4S2/c1-22(26-2)28(24,25)18-9-5-8-15(12-18)19(23)21-10-11-27-14-17-7-4-3-6-16(17)13-20/h3-9,12H,10-11,14H2,1-2H3,(H,21,23). The summed E-state index contributed by atoms with van der Waals surface area (Å²) >= 11 is 1.60. The molecule has 0 unspecified atom stereocenters. The molecule has 2 rings (SSSR count). The lowest BCUT2D eigenvalue weighted by Gasteiger charge is -2.14. The zero-order valence-corrected chi connectivity index (χ0v) is 17.2. The molecule has 7 nitrogen and oxygen atoms in total. The molecule has 1 N–H and O–H groups in total. The van der Waals surface area contributed by atoms with E-state index in [-0.39, 0.29) is 16.4 Å². The predicted molar refractivity (Wildman–Crippen MR) is 108 cm³/mol. The van der Waals surface area contributed by atoms with Crippen LogP contribution in [0.4, 0.5) is 0 Å². The van der Waals surface area contributed by atoms with E-state index in [1.54, 1.807) is 23.9 Å². The van der Waals surface area contributed by atoms with Gasteiger partial charge in [-0.2, -0.15) is 17.0 Å². The molecule has 0 bridgehead atoms. The van der Waals surface area contributed by atoms with Crippen molar-refractivity contribution in [2.24, 2.45) is 0 Å². The number of carbonyl (C=O) groups is 1. The van der Waals surface area contributed by atoms with Crippen LogP contribution < -0.4 is 5.32 Å². The number of benzene rings is 2. The lowest BCUT2D eigenvalue weighted by Crippen LogP contribution is -2.28. The molecule has 0 heterocycles. The van der Waals surface area contributed by atoms with Gasteiger partial charge in [-0.1, -0.05) is 28.7 Å². The van der Waals surface area contributed by atoms with Crippen molar-refractivity contribution in [3.63, 3.8) is 0 Å². The smallest absolute Gasteiger partial charge is 0.264 e. The van der Waals surface area contributed by atoms with E-state index in [4.69, 9.17) is 10.1 Å². The van der Waals surface area contributed by atoms with Gasteiger partial charge in [-0.05, 0) is 29.8 Å². The molecule has 28 heavy (non-hydrogen) atoms. The minimum atomic E-state index is -3.81. The van der Waals surface area contributed by atoms with Crippen LogP contribution in [0.3, 0.4) is 0 Å². The van der Waals surface area contributed by atoms with Crippen molar-refractivity contribution >= 4 is 27.7 Å². The van der Waals surface area contributed by atoms with Crippen LogP contribution in [-0.2, 0) is 20.6 Å². The van der Waals surface area contributed by atoms with E-state index < -0.39 is 10.0 Å². The van der Waals surface area contributed by atoms with Gasteiger partial charge in [0.05, 0.1) is 23.6 Å². The average Bonchev–Trinajstić information content (AvgIpc) is 2.73. The zero-order chi connectivity index (χ0) is 20.6. The summed E-state index contributed by atoms with van der Waals surface area (Å²) < 4.78 is 25.3. The molecule has 0 fully saturated rings. The third-order valence-electron chi connectivity index (χ3n) is 3.92. The summed E-state index contributed by atoms with van der Waals surface area (Å²) in [6.45, 7) is 0.424. The monoisotopic (exact) mass is 419 g/mol. The summed E-state index contributed by atoms with van der Waals surface area (Å²) in [4.78, 5) is 17.0. The molecule has 148 valence electrons. The largest absolute Gasteiger partial charge is 0.351 e. The van der Waals surface area contributed by atoms with Crippen LogP contribution in [0.5, 0.6) is 0 Å². The van der Waals surface area contributed by atoms with Crippen LogP contribution in [0.25, 0.3) is 0 Å². The molecule has 0 aliphatic rings. The second-order valence-electron chi connectivity index (χ2n) is 5.70. The number of amides is 1. The van der Waals surface area contributed by atoms with Crippen LogP contribution in [0.15, 0.2) is 53.4 Å². The maximum absolute atomic E-state index is 12.3. The van der Waals surface area contributed by atoms with Crippen LogP contribution in [0.1, 0.15) is 21.5 Å². The molecule has 0 aliphatic heterocycles. The van der Waals surface area contributed by atoms with E-state index in [1.807, 2.05) is 18.2 Å². The van der Waals surface area contributed by atoms with E-state index in [0.29, 0.717) is 23.6 Å². The fraction of sp³-hybridized carbons (Fsp3) is 0.263. The van der Waals surface area contributed by atoms with Gasteiger partial charge in [0.25, 0.3) is 15.9 Å². The number of hydrogen-bond donors (Lipinski definition) is 1. The third kappa shape index (κ3) is 5.56. The van der Waals surface area contributed by atoms with Crippen LogP contribution >= 0.6 is 11.8 Å². The number of nitrogens with one attached hydrogen (secondary N) is 1. The number of carbonyl (C=O) groups excluding carboxylic acids is 1. The number of thioether (sulfide) groups is 1. The van der Waals surface area contributed by atoms with E-state index in [1.165, 1.54) is 32.4 Å². The second kappa shape index (κ2) is 10.2. The van der Waals surface area contributed by atoms with Gasteiger partial charge in [0.2, 0.25) is 0 Å². The molecular weight excluding hydrogens is 398 g/mol. The van der Waals surface area contributed by atoms with Gasteiger partial charge < -0.3 is 5.32 Å². The summed E-state index contributed by atoms with van der Waals surface area (Å²) in [6.07, 6.45) is 0. The van der Waals surface area contributed by atoms with Gasteiger partial charge in [-0.3, -0.25) is 9.63 Å². The van der Waals surface area contributed by atoms with Gasteiger partial charge in [0, 0.05) is 30.7 Å². The van der Waals surface area contributed by atoms with Crippen LogP contribution in [0.2, 0.25) is 0 Å². The average molecular weight is 420 g/mol. The van der Waals surface area contributed by atoms with Crippen molar-refractivity contribution < 1.29 is 18.0 Å². The Morgan fingerprint density at radius 1 is 1.25 bits per heavy atom. The van der Waals surface area contributed by atoms with E-state index in [2.05, 4.69) is 11.4 Å². The molecule has 1 amide bonds. The minimum absolute atomic E-state index is 0.0213. The van der Waals surface area contributed by atoms with E-state index in [9.17, 15) is 13.2 Å². The van der Waals surface area contributed by atoms with Crippen molar-refractivity contribution in [3.05, 3.63) is 65.2 Å². The molecule has 2 aromatic carbocycles. The van der Waals surface area contributed by atoms with Gasteiger partial charge in [0.15, 0.2) is 0 Å². The molecule has 0 aromatic heterocycles. The summed E-state index contributed by atoms with van der Waals surface area (Å²) in [5, 5.41) is 11.9. The Balaban J connectivity index is 1.89. The van der Waals surface area contributed by atoms with Crippen molar-refractivity contribution in [1.82, 2.24) is 9.79 Å². The third-order valence-corrected chi connectivity index (χ3v) is 6.60. The Kier molecular flexibility index (Phi) is 8.02. The fourth-order valence-electron chi connectivity index (χ4n) is 2.32. The predicted octanol–water partition coefficient (Wildman–Crippen LogP) is 2.40. The molecule has 0 spiro atoms. The lowest BCUT2D eigenvalue weighted by molar-refractivity contribution is -0.0258. The molecule has 0 atom stereocenters. The molecule has 2 aromatic rings. The Bertz CT molecular complexity index is 971. The number of nitriles is 1. The highest BCUT2D eigenvalue weighted by atomic mass is 32.2. The summed E-state index contributed by atoms with van der Waals surface area (Å²) in [7, 11) is -1.28. The Morgan fingerprint density at radius 2 is 2.00 bits per heavy atom. The first-order chi connectivity index (χ1) is 13.4. The second-order valence-corrected chi connectivity index (χ2v) is 8.74. The number of hydrogen-bond acceptors (Lipinski definition) is 6. The summed E-state index contributed by atoms with van der Waals surface area (Å²) in [5.74, 6) is 0.988. The van der Waals surface area contributed by atoms with Crippen molar-refractivity contribution in [2.75, 3.05) is 26.5 Å². The summed E-state index contributed by atoms with van der Waals surface area (Å²) in [5.41, 5.74) is 1.87. The number of nitrogens with zero attached hydrogens (tertiary/aromatic N) is 2. The van der Waals surface area contributed by atoms with Crippen molar-refractivity contribution in [3.8, 4) is 6.07 Å². The SMILES string of the molecule is CON(C)S(=O)(=O)c1cccc(C(=O)NCCSCc2ccccc2C#N)c1. The maximum atomic E-state index is 12.3. The molecular formula is C19H21N3O4S2. The Morgan fingerprint density at radius 3 is 2.71 bits per heavy atom. The zero-order valence-electron chi connectivity index (χ0n) is 15.6. The molecule has 0 saturated carbocycles. The van der Waals surface area contributed by atoms with Gasteiger partial charge >= 0.3 is 0 Å². The first kappa shape index (κ1) is 21.9. The van der Waals surface area contributed by atoms with Crippen LogP contribution in [0, 0.1) is 11.3 Å². The van der Waals surface area contributed by atoms with Crippen LogP contribution in [-0.4, -0.2) is 45.2 Å². The molecule has 0 aliphatic carbocycles. The topological polar surface area (TPSA) is 99.5 Å². The minimum Gasteiger partial charge on any atom is -0.351 e. The first-order valence-corrected chi connectivity index (χ1v) is 11.0. The summed E-state index contributed by atoms with van der Waals surface area (Å²) in [6, 6.07) is 15.4. The quantitative estimate of drug-likeness (QED) is 0.495. The van der Waals surface area contributed by atoms with Crippen molar-refractivity contribution in [2.45, 2.75) is 10.6 Å². The Hall–Kier alpha value is -2.38. The molecule has 0 saturated heterocycles. The first-order valence-electron chi connectivity index (χ1n) is 8.37. The molecule has 0 radical (unpaired) electrons. The number of sulfonamides is 1. The lowest BCUT2D eigenvalue weighted by atomic mass is 10.1. The normalized spacial score (nSPS) is 11.2. The van der Waals surface area contributed by atoms with E-state index >= 15 is 0 Å². The Labute approximate surface area is 169 Å². The number of rotatable bonds is 9. The van der Waals surface area contributed by atoms with Gasteiger partial charge in [-0.15, -0.1) is 0 Å². The van der Waals surface area contributed by atoms with Gasteiger partial charge in [0.1, 0.15) is 0 Å². The highest BCUT2D eigenvalue weighted by Crippen LogP contribution is 2.17. The van der Waals surface area contributed by atoms with E-state index in [0.717, 1.165) is 10.0 Å². The highest BCUT2D eigenvalue weighted by molar-refractivity contribution is 7.98.